The maximum atomic E-state index is 10.9. The molecular weight excluding hydrogens is 224 g/mol. The summed E-state index contributed by atoms with van der Waals surface area (Å²) in [5.41, 5.74) is 0. The molecule has 0 atom stereocenters. The fourth-order valence-electron chi connectivity index (χ4n) is 1.48. The zero-order chi connectivity index (χ0) is 11.3. The van der Waals surface area contributed by atoms with Crippen molar-refractivity contribution >= 4 is 16.3 Å². The van der Waals surface area contributed by atoms with Crippen LogP contribution in [0.3, 0.4) is 0 Å². The first-order valence-corrected chi connectivity index (χ1v) is 6.37. The Morgan fingerprint density at radius 1 is 1.27 bits per heavy atom. The van der Waals surface area contributed by atoms with Crippen LogP contribution in [-0.4, -0.2) is 31.2 Å². The number of carbonyl (C=O) groups is 1. The van der Waals surface area contributed by atoms with Gasteiger partial charge in [0.05, 0.1) is 0 Å². The first-order valence-electron chi connectivity index (χ1n) is 4.76. The van der Waals surface area contributed by atoms with Crippen LogP contribution in [0.15, 0.2) is 0 Å². The van der Waals surface area contributed by atoms with Crippen LogP contribution in [0.25, 0.3) is 0 Å². The minimum Gasteiger partial charge on any atom is -0.431 e. The molecule has 0 unspecified atom stereocenters. The van der Waals surface area contributed by atoms with E-state index < -0.39 is 22.2 Å². The van der Waals surface area contributed by atoms with Gasteiger partial charge in [-0.3, -0.25) is 4.55 Å². The summed E-state index contributed by atoms with van der Waals surface area (Å²) in [6.45, 7) is 0. The van der Waals surface area contributed by atoms with Crippen LogP contribution in [0.5, 0.6) is 0 Å². The third-order valence-corrected chi connectivity index (χ3v) is 2.56. The van der Waals surface area contributed by atoms with E-state index in [1.807, 2.05) is 0 Å². The van der Waals surface area contributed by atoms with Crippen molar-refractivity contribution in [3.05, 3.63) is 0 Å². The first kappa shape index (κ1) is 12.3. The molecule has 0 aromatic carbocycles. The van der Waals surface area contributed by atoms with Gasteiger partial charge in [0.1, 0.15) is 6.10 Å². The molecule has 15 heavy (non-hydrogen) atoms. The first-order chi connectivity index (χ1) is 6.97. The van der Waals surface area contributed by atoms with E-state index >= 15 is 0 Å². The van der Waals surface area contributed by atoms with E-state index in [9.17, 15) is 13.2 Å². The van der Waals surface area contributed by atoms with Crippen LogP contribution in [0, 0.1) is 0 Å². The summed E-state index contributed by atoms with van der Waals surface area (Å²) in [6.07, 6.45) is 3.45. The van der Waals surface area contributed by atoms with E-state index in [2.05, 4.69) is 4.74 Å². The topological polar surface area (TPSA) is 89.9 Å². The predicted octanol–water partition coefficient (Wildman–Crippen LogP) is 1.32. The highest BCUT2D eigenvalue weighted by molar-refractivity contribution is 7.85. The standard InChI is InChI=1S/C8H14O6S/c9-8(13-6-15(10,11)12)14-7-4-2-1-3-5-7/h7H,1-6H2,(H,10,11,12). The number of ether oxygens (including phenoxy) is 2. The average molecular weight is 238 g/mol. The molecule has 0 bridgehead atoms. The molecule has 1 aliphatic rings. The van der Waals surface area contributed by atoms with E-state index in [0.29, 0.717) is 0 Å². The van der Waals surface area contributed by atoms with Gasteiger partial charge in [-0.2, -0.15) is 8.42 Å². The van der Waals surface area contributed by atoms with Crippen LogP contribution < -0.4 is 0 Å². The van der Waals surface area contributed by atoms with Gasteiger partial charge >= 0.3 is 16.3 Å². The highest BCUT2D eigenvalue weighted by Gasteiger charge is 2.19. The third kappa shape index (κ3) is 5.58. The lowest BCUT2D eigenvalue weighted by molar-refractivity contribution is 0.0186. The summed E-state index contributed by atoms with van der Waals surface area (Å²) in [5.74, 6) is -1.06. The number of hydrogen-bond donors (Lipinski definition) is 1. The molecule has 0 aromatic heterocycles. The maximum absolute atomic E-state index is 10.9. The number of hydrogen-bond acceptors (Lipinski definition) is 5. The van der Waals surface area contributed by atoms with Crippen molar-refractivity contribution < 1.29 is 27.2 Å². The summed E-state index contributed by atoms with van der Waals surface area (Å²) in [4.78, 5) is 10.9. The van der Waals surface area contributed by atoms with Crippen LogP contribution in [0.1, 0.15) is 32.1 Å². The quantitative estimate of drug-likeness (QED) is 0.589. The van der Waals surface area contributed by atoms with E-state index in [4.69, 9.17) is 9.29 Å². The molecule has 0 amide bonds. The third-order valence-electron chi connectivity index (χ3n) is 2.14. The summed E-state index contributed by atoms with van der Waals surface area (Å²) in [7, 11) is -4.28. The normalized spacial score (nSPS) is 18.5. The molecule has 1 saturated carbocycles. The fourth-order valence-corrected chi connectivity index (χ4v) is 1.72. The van der Waals surface area contributed by atoms with Gasteiger partial charge in [0, 0.05) is 0 Å². The summed E-state index contributed by atoms with van der Waals surface area (Å²) < 4.78 is 37.9. The Kier molecular flexibility index (Phi) is 4.34. The van der Waals surface area contributed by atoms with Gasteiger partial charge in [0.15, 0.2) is 0 Å². The van der Waals surface area contributed by atoms with Gasteiger partial charge in [-0.1, -0.05) is 6.42 Å². The molecule has 0 saturated heterocycles. The van der Waals surface area contributed by atoms with Crippen molar-refractivity contribution in [3.8, 4) is 0 Å². The molecule has 7 heteroatoms. The van der Waals surface area contributed by atoms with E-state index in [1.165, 1.54) is 0 Å². The highest BCUT2D eigenvalue weighted by atomic mass is 32.2. The Bertz CT molecular complexity index is 303. The second kappa shape index (κ2) is 5.32. The molecule has 0 heterocycles. The van der Waals surface area contributed by atoms with Crippen LogP contribution >= 0.6 is 0 Å². The van der Waals surface area contributed by atoms with Crippen LogP contribution in [0.2, 0.25) is 0 Å². The highest BCUT2D eigenvalue weighted by Crippen LogP contribution is 2.20. The molecule has 1 N–H and O–H groups in total. The molecule has 1 aliphatic carbocycles. The molecule has 1 fully saturated rings. The van der Waals surface area contributed by atoms with E-state index in [1.54, 1.807) is 0 Å². The molecule has 0 aromatic rings. The van der Waals surface area contributed by atoms with Crippen LogP contribution in [0.4, 0.5) is 4.79 Å². The Morgan fingerprint density at radius 2 is 1.87 bits per heavy atom. The van der Waals surface area contributed by atoms with Gasteiger partial charge in [-0.15, -0.1) is 0 Å². The van der Waals surface area contributed by atoms with Crippen molar-refractivity contribution in [2.45, 2.75) is 38.2 Å². The summed E-state index contributed by atoms with van der Waals surface area (Å²) in [6, 6.07) is 0. The van der Waals surface area contributed by atoms with Crippen LogP contribution in [-0.2, 0) is 19.6 Å². The summed E-state index contributed by atoms with van der Waals surface area (Å²) >= 11 is 0. The molecule has 0 spiro atoms. The number of carbonyl (C=O) groups excluding carboxylic acids is 1. The van der Waals surface area contributed by atoms with Gasteiger partial charge in [0.2, 0.25) is 5.94 Å². The second-order valence-corrected chi connectivity index (χ2v) is 4.87. The molecule has 6 nitrogen and oxygen atoms in total. The molecular formula is C8H14O6S. The Morgan fingerprint density at radius 3 is 2.40 bits per heavy atom. The molecule has 1 rings (SSSR count). The van der Waals surface area contributed by atoms with Crippen molar-refractivity contribution in [3.63, 3.8) is 0 Å². The number of rotatable bonds is 3. The van der Waals surface area contributed by atoms with E-state index in [-0.39, 0.29) is 6.10 Å². The lowest BCUT2D eigenvalue weighted by atomic mass is 9.98. The van der Waals surface area contributed by atoms with Gasteiger partial charge in [0.25, 0.3) is 0 Å². The van der Waals surface area contributed by atoms with Crippen molar-refractivity contribution in [1.82, 2.24) is 0 Å². The Hall–Kier alpha value is -0.820. The van der Waals surface area contributed by atoms with Gasteiger partial charge < -0.3 is 9.47 Å². The predicted molar refractivity (Wildman–Crippen MR) is 50.9 cm³/mol. The average Bonchev–Trinajstić information content (AvgIpc) is 2.15. The largest absolute Gasteiger partial charge is 0.509 e. The van der Waals surface area contributed by atoms with E-state index in [0.717, 1.165) is 32.1 Å². The zero-order valence-electron chi connectivity index (χ0n) is 8.22. The Balaban J connectivity index is 2.23. The monoisotopic (exact) mass is 238 g/mol. The summed E-state index contributed by atoms with van der Waals surface area (Å²) in [5, 5.41) is 0. The Labute approximate surface area is 88.3 Å². The SMILES string of the molecule is O=C(OCS(=O)(=O)O)OC1CCCCC1. The zero-order valence-corrected chi connectivity index (χ0v) is 9.03. The lowest BCUT2D eigenvalue weighted by Crippen LogP contribution is -2.23. The van der Waals surface area contributed by atoms with Gasteiger partial charge in [-0.05, 0) is 25.7 Å². The maximum Gasteiger partial charge on any atom is 0.509 e. The second-order valence-electron chi connectivity index (χ2n) is 3.47. The minimum atomic E-state index is -4.28. The fraction of sp³-hybridized carbons (Fsp3) is 0.875. The smallest absolute Gasteiger partial charge is 0.431 e. The van der Waals surface area contributed by atoms with Crippen molar-refractivity contribution in [1.29, 1.82) is 0 Å². The molecule has 0 radical (unpaired) electrons. The van der Waals surface area contributed by atoms with Gasteiger partial charge in [-0.25, -0.2) is 4.79 Å². The lowest BCUT2D eigenvalue weighted by Gasteiger charge is -2.20. The molecule has 0 aliphatic heterocycles. The van der Waals surface area contributed by atoms with Crippen molar-refractivity contribution in [2.75, 3.05) is 5.94 Å². The minimum absolute atomic E-state index is 0.187. The van der Waals surface area contributed by atoms with Crippen molar-refractivity contribution in [2.24, 2.45) is 0 Å². The molecule has 88 valence electrons.